The summed E-state index contributed by atoms with van der Waals surface area (Å²) < 4.78 is 0. The van der Waals surface area contributed by atoms with E-state index >= 15 is 0 Å². The van der Waals surface area contributed by atoms with Crippen LogP contribution in [0.3, 0.4) is 0 Å². The Morgan fingerprint density at radius 2 is 2.09 bits per heavy atom. The molecule has 2 aromatic heterocycles. The molecule has 1 fully saturated rings. The average molecular weight is 307 g/mol. The smallest absolute Gasteiger partial charge is 0.257 e. The maximum Gasteiger partial charge on any atom is 0.257 e. The molecule has 6 nitrogen and oxygen atoms in total. The number of anilines is 2. The Balaban J connectivity index is 1.65. The van der Waals surface area contributed by atoms with Gasteiger partial charge >= 0.3 is 0 Å². The molecule has 1 aliphatic heterocycles. The first-order valence-electron chi connectivity index (χ1n) is 7.75. The summed E-state index contributed by atoms with van der Waals surface area (Å²) in [6.45, 7) is 1.93. The summed E-state index contributed by atoms with van der Waals surface area (Å²) in [6, 6.07) is 7.62. The van der Waals surface area contributed by atoms with Crippen LogP contribution in [0.4, 0.5) is 11.5 Å². The van der Waals surface area contributed by atoms with Gasteiger partial charge in [-0.2, -0.15) is 0 Å². The van der Waals surface area contributed by atoms with E-state index in [2.05, 4.69) is 25.2 Å². The topological polar surface area (TPSA) is 73.9 Å². The van der Waals surface area contributed by atoms with E-state index in [0.717, 1.165) is 42.7 Å². The zero-order chi connectivity index (χ0) is 15.6. The van der Waals surface area contributed by atoms with Crippen molar-refractivity contribution in [2.24, 2.45) is 0 Å². The van der Waals surface area contributed by atoms with Gasteiger partial charge in [0.05, 0.1) is 17.3 Å². The standard InChI is InChI=1S/C17H17N5O/c23-17(13-5-3-4-12-6-7-19-15(12)13)21-14-10-18-11-20-16(14)22-8-1-2-9-22/h3-7,10-11,19H,1-2,8-9H2,(H,21,23). The van der Waals surface area contributed by atoms with Crippen molar-refractivity contribution in [2.45, 2.75) is 12.8 Å². The largest absolute Gasteiger partial charge is 0.361 e. The summed E-state index contributed by atoms with van der Waals surface area (Å²) in [7, 11) is 0. The summed E-state index contributed by atoms with van der Waals surface area (Å²) in [5, 5.41) is 3.98. The van der Waals surface area contributed by atoms with Crippen molar-refractivity contribution in [1.29, 1.82) is 0 Å². The molecule has 23 heavy (non-hydrogen) atoms. The Labute approximate surface area is 133 Å². The Morgan fingerprint density at radius 1 is 1.22 bits per heavy atom. The average Bonchev–Trinajstić information content (AvgIpc) is 3.26. The number of hydrogen-bond donors (Lipinski definition) is 2. The molecule has 3 heterocycles. The number of H-pyrrole nitrogens is 1. The minimum atomic E-state index is -0.159. The van der Waals surface area contributed by atoms with E-state index < -0.39 is 0 Å². The fourth-order valence-electron chi connectivity index (χ4n) is 3.06. The van der Waals surface area contributed by atoms with Gasteiger partial charge in [-0.15, -0.1) is 0 Å². The number of nitrogens with one attached hydrogen (secondary N) is 2. The number of rotatable bonds is 3. The third-order valence-electron chi connectivity index (χ3n) is 4.18. The lowest BCUT2D eigenvalue weighted by molar-refractivity contribution is 0.102. The van der Waals surface area contributed by atoms with Crippen molar-refractivity contribution in [2.75, 3.05) is 23.3 Å². The summed E-state index contributed by atoms with van der Waals surface area (Å²) in [5.74, 6) is 0.637. The number of nitrogens with zero attached hydrogens (tertiary/aromatic N) is 3. The molecule has 6 heteroatoms. The van der Waals surface area contributed by atoms with Crippen LogP contribution in [0.5, 0.6) is 0 Å². The van der Waals surface area contributed by atoms with Crippen molar-refractivity contribution in [3.8, 4) is 0 Å². The van der Waals surface area contributed by atoms with Gasteiger partial charge in [-0.25, -0.2) is 9.97 Å². The van der Waals surface area contributed by atoms with Crippen LogP contribution in [-0.4, -0.2) is 33.9 Å². The lowest BCUT2D eigenvalue weighted by Crippen LogP contribution is -2.22. The normalized spacial score (nSPS) is 14.3. The monoisotopic (exact) mass is 307 g/mol. The molecule has 0 bridgehead atoms. The highest BCUT2D eigenvalue weighted by atomic mass is 16.1. The van der Waals surface area contributed by atoms with Crippen LogP contribution in [0.1, 0.15) is 23.2 Å². The number of amides is 1. The van der Waals surface area contributed by atoms with E-state index in [-0.39, 0.29) is 5.91 Å². The molecule has 116 valence electrons. The molecule has 4 rings (SSSR count). The zero-order valence-electron chi connectivity index (χ0n) is 12.6. The Kier molecular flexibility index (Phi) is 3.42. The number of fused-ring (bicyclic) bond motifs is 1. The molecule has 0 unspecified atom stereocenters. The molecular formula is C17H17N5O. The molecule has 0 spiro atoms. The predicted octanol–water partition coefficient (Wildman–Crippen LogP) is 2.81. The third kappa shape index (κ3) is 2.52. The minimum absolute atomic E-state index is 0.159. The van der Waals surface area contributed by atoms with Crippen LogP contribution in [0.25, 0.3) is 10.9 Å². The van der Waals surface area contributed by atoms with Crippen LogP contribution in [0.15, 0.2) is 43.0 Å². The Bertz CT molecular complexity index is 851. The highest BCUT2D eigenvalue weighted by molar-refractivity contribution is 6.12. The quantitative estimate of drug-likeness (QED) is 0.780. The van der Waals surface area contributed by atoms with Gasteiger partial charge in [-0.1, -0.05) is 12.1 Å². The highest BCUT2D eigenvalue weighted by Crippen LogP contribution is 2.26. The van der Waals surface area contributed by atoms with E-state index in [1.54, 1.807) is 6.20 Å². The first-order valence-corrected chi connectivity index (χ1v) is 7.75. The first-order chi connectivity index (χ1) is 11.3. The van der Waals surface area contributed by atoms with Gasteiger partial charge in [0.2, 0.25) is 0 Å². The fourth-order valence-corrected chi connectivity index (χ4v) is 3.06. The number of para-hydroxylation sites is 1. The number of carbonyl (C=O) groups is 1. The van der Waals surface area contributed by atoms with Gasteiger partial charge in [0, 0.05) is 24.7 Å². The lowest BCUT2D eigenvalue weighted by Gasteiger charge is -2.19. The fraction of sp³-hybridized carbons (Fsp3) is 0.235. The van der Waals surface area contributed by atoms with Gasteiger partial charge in [0.1, 0.15) is 12.0 Å². The van der Waals surface area contributed by atoms with Gasteiger partial charge in [0.25, 0.3) is 5.91 Å². The summed E-state index contributed by atoms with van der Waals surface area (Å²) in [5.41, 5.74) is 2.11. The molecule has 0 radical (unpaired) electrons. The molecule has 1 aliphatic rings. The van der Waals surface area contributed by atoms with Gasteiger partial charge in [-0.05, 0) is 25.0 Å². The summed E-state index contributed by atoms with van der Waals surface area (Å²) in [6.07, 6.45) is 7.32. The second-order valence-electron chi connectivity index (χ2n) is 5.66. The van der Waals surface area contributed by atoms with Crippen molar-refractivity contribution in [3.63, 3.8) is 0 Å². The van der Waals surface area contributed by atoms with Crippen LogP contribution < -0.4 is 10.2 Å². The molecular weight excluding hydrogens is 290 g/mol. The minimum Gasteiger partial charge on any atom is -0.361 e. The van der Waals surface area contributed by atoms with Crippen molar-refractivity contribution in [3.05, 3.63) is 48.5 Å². The number of aromatic nitrogens is 3. The number of benzene rings is 1. The van der Waals surface area contributed by atoms with Gasteiger partial charge in [0.15, 0.2) is 5.82 Å². The molecule has 1 amide bonds. The number of hydrogen-bond acceptors (Lipinski definition) is 4. The van der Waals surface area contributed by atoms with Crippen molar-refractivity contribution in [1.82, 2.24) is 15.0 Å². The van der Waals surface area contributed by atoms with Crippen molar-refractivity contribution >= 4 is 28.3 Å². The van der Waals surface area contributed by atoms with Gasteiger partial charge in [-0.3, -0.25) is 4.79 Å². The van der Waals surface area contributed by atoms with E-state index in [9.17, 15) is 4.79 Å². The molecule has 0 saturated carbocycles. The van der Waals surface area contributed by atoms with Crippen LogP contribution in [0.2, 0.25) is 0 Å². The summed E-state index contributed by atoms with van der Waals surface area (Å²) in [4.78, 5) is 26.4. The van der Waals surface area contributed by atoms with E-state index in [1.807, 2.05) is 30.5 Å². The Hall–Kier alpha value is -2.89. The van der Waals surface area contributed by atoms with Gasteiger partial charge < -0.3 is 15.2 Å². The zero-order valence-corrected chi connectivity index (χ0v) is 12.6. The molecule has 3 aromatic rings. The molecule has 1 aromatic carbocycles. The molecule has 2 N–H and O–H groups in total. The molecule has 0 aliphatic carbocycles. The SMILES string of the molecule is O=C(Nc1cncnc1N1CCCC1)c1cccc2cc[nH]c12. The second kappa shape index (κ2) is 5.72. The number of carbonyl (C=O) groups excluding carboxylic acids is 1. The van der Waals surface area contributed by atoms with E-state index in [1.165, 1.54) is 6.33 Å². The third-order valence-corrected chi connectivity index (χ3v) is 4.18. The van der Waals surface area contributed by atoms with E-state index in [0.29, 0.717) is 11.3 Å². The predicted molar refractivity (Wildman–Crippen MR) is 89.7 cm³/mol. The van der Waals surface area contributed by atoms with E-state index in [4.69, 9.17) is 0 Å². The first kappa shape index (κ1) is 13.8. The number of aromatic amines is 1. The molecule has 1 saturated heterocycles. The van der Waals surface area contributed by atoms with Crippen LogP contribution in [0, 0.1) is 0 Å². The van der Waals surface area contributed by atoms with Crippen LogP contribution in [-0.2, 0) is 0 Å². The maximum absolute atomic E-state index is 12.7. The Morgan fingerprint density at radius 3 is 2.96 bits per heavy atom. The second-order valence-corrected chi connectivity index (χ2v) is 5.66. The maximum atomic E-state index is 12.7. The van der Waals surface area contributed by atoms with Crippen molar-refractivity contribution < 1.29 is 4.79 Å². The van der Waals surface area contributed by atoms with Crippen LogP contribution >= 0.6 is 0 Å². The molecule has 0 atom stereocenters. The summed E-state index contributed by atoms with van der Waals surface area (Å²) >= 11 is 0. The highest BCUT2D eigenvalue weighted by Gasteiger charge is 2.19. The lowest BCUT2D eigenvalue weighted by atomic mass is 10.1.